The summed E-state index contributed by atoms with van der Waals surface area (Å²) in [4.78, 5) is 22.9. The molecule has 0 radical (unpaired) electrons. The molecule has 0 bridgehead atoms. The normalized spacial score (nSPS) is 29.3. The Kier molecular flexibility index (Phi) is 5.58. The Labute approximate surface area is 148 Å². The molecule has 1 saturated heterocycles. The number of ether oxygens (including phenoxy) is 1. The molecule has 25 heavy (non-hydrogen) atoms. The number of Topliss-reactive ketones (excluding diaryl/α,β-unsaturated/α-hetero) is 1. The predicted molar refractivity (Wildman–Crippen MR) is 90.4 cm³/mol. The maximum absolute atomic E-state index is 12.3. The van der Waals surface area contributed by atoms with Crippen LogP contribution in [0.2, 0.25) is 0 Å². The first-order valence-corrected chi connectivity index (χ1v) is 10.3. The Morgan fingerprint density at radius 2 is 2.04 bits per heavy atom. The maximum Gasteiger partial charge on any atom is 0.223 e. The van der Waals surface area contributed by atoms with Crippen LogP contribution in [0.25, 0.3) is 0 Å². The number of hydrogen-bond donors (Lipinski definition) is 0. The van der Waals surface area contributed by atoms with E-state index < -0.39 is 27.5 Å². The second-order valence-corrected chi connectivity index (χ2v) is 8.78. The van der Waals surface area contributed by atoms with Crippen LogP contribution in [0.3, 0.4) is 0 Å². The lowest BCUT2D eigenvalue weighted by Gasteiger charge is -2.52. The van der Waals surface area contributed by atoms with Crippen molar-refractivity contribution in [3.8, 4) is 0 Å². The fraction of sp³-hybridized carbons (Fsp3) is 0.611. The summed E-state index contributed by atoms with van der Waals surface area (Å²) in [5.41, 5.74) is -0.481. The molecule has 1 spiro atoms. The van der Waals surface area contributed by atoms with Gasteiger partial charge in [-0.15, -0.1) is 0 Å². The molecule has 0 amide bonds. The maximum atomic E-state index is 12.3. The van der Waals surface area contributed by atoms with Gasteiger partial charge in [-0.1, -0.05) is 31.0 Å². The first kappa shape index (κ1) is 18.5. The van der Waals surface area contributed by atoms with Gasteiger partial charge < -0.3 is 4.74 Å². The zero-order chi connectivity index (χ0) is 17.9. The highest BCUT2D eigenvalue weighted by atomic mass is 32.2. The third-order valence-corrected chi connectivity index (χ3v) is 6.88. The Morgan fingerprint density at radius 1 is 1.28 bits per heavy atom. The van der Waals surface area contributed by atoms with E-state index in [-0.39, 0.29) is 23.0 Å². The predicted octanol–water partition coefficient (Wildman–Crippen LogP) is 2.67. The second-order valence-electron chi connectivity index (χ2n) is 6.79. The molecule has 1 aromatic rings. The van der Waals surface area contributed by atoms with Gasteiger partial charge in [0.25, 0.3) is 0 Å². The average molecular weight is 368 g/mol. The van der Waals surface area contributed by atoms with Crippen molar-refractivity contribution in [1.82, 2.24) is 0 Å². The van der Waals surface area contributed by atoms with E-state index in [1.165, 1.54) is 12.1 Å². The SMILES string of the molecule is COC1OOC12CCCC[C@H]2CCC(=O)CS(=O)(=O)c1ccccc1. The zero-order valence-corrected chi connectivity index (χ0v) is 15.2. The number of benzene rings is 1. The van der Waals surface area contributed by atoms with Crippen LogP contribution < -0.4 is 0 Å². The number of methoxy groups -OCH3 is 1. The number of ketones is 1. The van der Waals surface area contributed by atoms with Gasteiger partial charge in [0.05, 0.1) is 4.90 Å². The quantitative estimate of drug-likeness (QED) is 0.689. The molecule has 7 heteroatoms. The van der Waals surface area contributed by atoms with Gasteiger partial charge in [0.1, 0.15) is 11.5 Å². The van der Waals surface area contributed by atoms with E-state index in [0.29, 0.717) is 6.42 Å². The molecule has 0 N–H and O–H groups in total. The summed E-state index contributed by atoms with van der Waals surface area (Å²) in [5.74, 6) is -0.580. The van der Waals surface area contributed by atoms with E-state index in [1.54, 1.807) is 25.3 Å². The van der Waals surface area contributed by atoms with Crippen LogP contribution in [0, 0.1) is 5.92 Å². The van der Waals surface area contributed by atoms with Crippen molar-refractivity contribution in [1.29, 1.82) is 0 Å². The second kappa shape index (κ2) is 7.53. The Balaban J connectivity index is 1.58. The summed E-state index contributed by atoms with van der Waals surface area (Å²) in [6, 6.07) is 8.09. The third-order valence-electron chi connectivity index (χ3n) is 5.19. The van der Waals surface area contributed by atoms with Crippen LogP contribution in [-0.2, 0) is 29.1 Å². The molecule has 0 aromatic heterocycles. The van der Waals surface area contributed by atoms with Crippen molar-refractivity contribution in [2.45, 2.75) is 55.3 Å². The summed E-state index contributed by atoms with van der Waals surface area (Å²) in [6.07, 6.45) is 4.29. The third kappa shape index (κ3) is 3.79. The Morgan fingerprint density at radius 3 is 2.68 bits per heavy atom. The van der Waals surface area contributed by atoms with Crippen LogP contribution in [0.15, 0.2) is 35.2 Å². The van der Waals surface area contributed by atoms with Gasteiger partial charge in [-0.3, -0.25) is 4.79 Å². The van der Waals surface area contributed by atoms with Crippen molar-refractivity contribution >= 4 is 15.6 Å². The first-order valence-electron chi connectivity index (χ1n) is 8.65. The monoisotopic (exact) mass is 368 g/mol. The molecule has 1 aliphatic carbocycles. The van der Waals surface area contributed by atoms with Crippen LogP contribution in [-0.4, -0.2) is 39.0 Å². The number of carbonyl (C=O) groups is 1. The van der Waals surface area contributed by atoms with E-state index in [1.807, 2.05) is 0 Å². The molecule has 1 heterocycles. The van der Waals surface area contributed by atoms with Gasteiger partial charge in [-0.05, 0) is 37.3 Å². The molecule has 2 fully saturated rings. The van der Waals surface area contributed by atoms with Crippen LogP contribution in [0.4, 0.5) is 0 Å². The van der Waals surface area contributed by atoms with Crippen molar-refractivity contribution in [3.05, 3.63) is 30.3 Å². The Hall–Kier alpha value is -1.28. The summed E-state index contributed by atoms with van der Waals surface area (Å²) < 4.78 is 29.9. The molecule has 6 nitrogen and oxygen atoms in total. The van der Waals surface area contributed by atoms with Crippen molar-refractivity contribution in [3.63, 3.8) is 0 Å². The molecular weight excluding hydrogens is 344 g/mol. The Bertz CT molecular complexity index is 700. The largest absolute Gasteiger partial charge is 0.351 e. The van der Waals surface area contributed by atoms with E-state index in [4.69, 9.17) is 14.5 Å². The van der Waals surface area contributed by atoms with Crippen molar-refractivity contribution in [2.75, 3.05) is 12.9 Å². The smallest absolute Gasteiger partial charge is 0.223 e. The van der Waals surface area contributed by atoms with Gasteiger partial charge in [0, 0.05) is 13.5 Å². The van der Waals surface area contributed by atoms with E-state index >= 15 is 0 Å². The molecule has 3 atom stereocenters. The van der Waals surface area contributed by atoms with Gasteiger partial charge in [0.15, 0.2) is 15.4 Å². The van der Waals surface area contributed by atoms with Gasteiger partial charge >= 0.3 is 0 Å². The van der Waals surface area contributed by atoms with E-state index in [9.17, 15) is 13.2 Å². The van der Waals surface area contributed by atoms with Crippen LogP contribution in [0.1, 0.15) is 38.5 Å². The molecule has 138 valence electrons. The topological polar surface area (TPSA) is 78.9 Å². The van der Waals surface area contributed by atoms with Crippen LogP contribution >= 0.6 is 0 Å². The molecule has 1 saturated carbocycles. The van der Waals surface area contributed by atoms with Gasteiger partial charge in [0.2, 0.25) is 6.29 Å². The zero-order valence-electron chi connectivity index (χ0n) is 14.3. The summed E-state index contributed by atoms with van der Waals surface area (Å²) >= 11 is 0. The van der Waals surface area contributed by atoms with Crippen molar-refractivity contribution in [2.24, 2.45) is 5.92 Å². The lowest BCUT2D eigenvalue weighted by Crippen LogP contribution is -2.62. The standard InChI is InChI=1S/C18H24O6S/c1-22-17-18(24-23-17)12-6-5-7-14(18)10-11-15(19)13-25(20,21)16-8-3-2-4-9-16/h2-4,8-9,14,17H,5-7,10-13H2,1H3/t14-,17?,18?/m0/s1. The summed E-state index contributed by atoms with van der Waals surface area (Å²) in [5, 5.41) is 0. The van der Waals surface area contributed by atoms with E-state index in [2.05, 4.69) is 0 Å². The molecule has 1 aliphatic heterocycles. The lowest BCUT2D eigenvalue weighted by molar-refractivity contribution is -0.571. The highest BCUT2D eigenvalue weighted by Crippen LogP contribution is 2.48. The summed E-state index contributed by atoms with van der Waals surface area (Å²) in [6.45, 7) is 0. The lowest BCUT2D eigenvalue weighted by atomic mass is 9.72. The molecule has 2 aliphatic rings. The summed E-state index contributed by atoms with van der Waals surface area (Å²) in [7, 11) is -2.00. The minimum Gasteiger partial charge on any atom is -0.351 e. The number of carbonyl (C=O) groups excluding carboxylic acids is 1. The minimum absolute atomic E-state index is 0.142. The molecule has 2 unspecified atom stereocenters. The fourth-order valence-corrected chi connectivity index (χ4v) is 5.14. The first-order chi connectivity index (χ1) is 12.0. The molecule has 3 rings (SSSR count). The molecular formula is C18H24O6S. The molecule has 1 aromatic carbocycles. The minimum atomic E-state index is -3.58. The van der Waals surface area contributed by atoms with Crippen LogP contribution in [0.5, 0.6) is 0 Å². The number of rotatable bonds is 7. The highest BCUT2D eigenvalue weighted by molar-refractivity contribution is 7.92. The number of hydrogen-bond acceptors (Lipinski definition) is 6. The van der Waals surface area contributed by atoms with Gasteiger partial charge in [-0.25, -0.2) is 18.2 Å². The highest BCUT2D eigenvalue weighted by Gasteiger charge is 2.57. The van der Waals surface area contributed by atoms with Crippen molar-refractivity contribution < 1.29 is 27.7 Å². The van der Waals surface area contributed by atoms with E-state index in [0.717, 1.165) is 25.7 Å². The average Bonchev–Trinajstić information content (AvgIpc) is 2.60. The van der Waals surface area contributed by atoms with Gasteiger partial charge in [-0.2, -0.15) is 0 Å². The number of sulfone groups is 1. The fourth-order valence-electron chi connectivity index (χ4n) is 3.83.